The lowest BCUT2D eigenvalue weighted by atomic mass is 10.2. The number of allylic oxidation sites excluding steroid dienone is 2. The SMILES string of the molecule is C/C=C/CCCCn1ccc2ccccc21.CC. The number of aryl methyl sites for hydroxylation is 1. The van der Waals surface area contributed by atoms with Crippen LogP contribution in [0.25, 0.3) is 10.9 Å². The number of hydrogen-bond donors (Lipinski definition) is 0. The van der Waals surface area contributed by atoms with Crippen molar-refractivity contribution in [2.45, 2.75) is 46.6 Å². The molecule has 1 aromatic heterocycles. The van der Waals surface area contributed by atoms with Crippen LogP contribution in [-0.2, 0) is 6.54 Å². The van der Waals surface area contributed by atoms with E-state index in [1.54, 1.807) is 0 Å². The fraction of sp³-hybridized carbons (Fsp3) is 0.412. The summed E-state index contributed by atoms with van der Waals surface area (Å²) in [6.45, 7) is 7.21. The zero-order chi connectivity index (χ0) is 13.2. The summed E-state index contributed by atoms with van der Waals surface area (Å²) < 4.78 is 2.35. The van der Waals surface area contributed by atoms with Crippen molar-refractivity contribution >= 4 is 10.9 Å². The van der Waals surface area contributed by atoms with Gasteiger partial charge in [-0.3, -0.25) is 0 Å². The molecule has 1 nitrogen and oxygen atoms in total. The number of benzene rings is 1. The van der Waals surface area contributed by atoms with Gasteiger partial charge in [0, 0.05) is 18.3 Å². The van der Waals surface area contributed by atoms with Crippen LogP contribution in [0.5, 0.6) is 0 Å². The van der Waals surface area contributed by atoms with Gasteiger partial charge in [0.25, 0.3) is 0 Å². The van der Waals surface area contributed by atoms with E-state index in [0.29, 0.717) is 0 Å². The van der Waals surface area contributed by atoms with E-state index in [-0.39, 0.29) is 0 Å². The molecule has 0 bridgehead atoms. The molecule has 0 radical (unpaired) electrons. The second-order valence-electron chi connectivity index (χ2n) is 4.13. The molecule has 0 spiro atoms. The fourth-order valence-electron chi connectivity index (χ4n) is 2.05. The van der Waals surface area contributed by atoms with Gasteiger partial charge in [0.05, 0.1) is 0 Å². The fourth-order valence-corrected chi connectivity index (χ4v) is 2.05. The molecule has 1 aromatic carbocycles. The predicted octanol–water partition coefficient (Wildman–Crippen LogP) is 5.41. The third-order valence-corrected chi connectivity index (χ3v) is 2.94. The lowest BCUT2D eigenvalue weighted by Gasteiger charge is -2.04. The summed E-state index contributed by atoms with van der Waals surface area (Å²) in [5, 5.41) is 1.34. The summed E-state index contributed by atoms with van der Waals surface area (Å²) in [6, 6.07) is 10.8. The maximum atomic E-state index is 2.35. The number of fused-ring (bicyclic) bond motifs is 1. The molecule has 0 aliphatic carbocycles. The van der Waals surface area contributed by atoms with Gasteiger partial charge in [0.1, 0.15) is 0 Å². The van der Waals surface area contributed by atoms with E-state index in [9.17, 15) is 0 Å². The van der Waals surface area contributed by atoms with Crippen LogP contribution in [0, 0.1) is 0 Å². The standard InChI is InChI=1S/C15H19N.C2H6/c1-2-3-4-5-8-12-16-13-11-14-9-6-7-10-15(14)16;1-2/h2-3,6-7,9-11,13H,4-5,8,12H2,1H3;1-2H3/b3-2+;. The molecule has 0 atom stereocenters. The van der Waals surface area contributed by atoms with Crippen molar-refractivity contribution in [3.63, 3.8) is 0 Å². The highest BCUT2D eigenvalue weighted by Crippen LogP contribution is 2.15. The van der Waals surface area contributed by atoms with Crippen LogP contribution in [0.3, 0.4) is 0 Å². The van der Waals surface area contributed by atoms with Crippen molar-refractivity contribution in [1.29, 1.82) is 0 Å². The third-order valence-electron chi connectivity index (χ3n) is 2.94. The van der Waals surface area contributed by atoms with Crippen LogP contribution in [0.4, 0.5) is 0 Å². The Kier molecular flexibility index (Phi) is 6.93. The van der Waals surface area contributed by atoms with Crippen molar-refractivity contribution in [3.8, 4) is 0 Å². The molecule has 0 aliphatic heterocycles. The summed E-state index contributed by atoms with van der Waals surface area (Å²) in [7, 11) is 0. The third kappa shape index (κ3) is 4.06. The van der Waals surface area contributed by atoms with Gasteiger partial charge in [-0.15, -0.1) is 0 Å². The van der Waals surface area contributed by atoms with Crippen molar-refractivity contribution in [1.82, 2.24) is 4.57 Å². The molecule has 0 unspecified atom stereocenters. The first-order valence-corrected chi connectivity index (χ1v) is 7.07. The molecule has 0 fully saturated rings. The number of para-hydroxylation sites is 1. The molecule has 1 heterocycles. The Labute approximate surface area is 111 Å². The van der Waals surface area contributed by atoms with Crippen LogP contribution in [0.15, 0.2) is 48.7 Å². The largest absolute Gasteiger partial charge is 0.347 e. The van der Waals surface area contributed by atoms with E-state index in [4.69, 9.17) is 0 Å². The first kappa shape index (κ1) is 14.6. The maximum absolute atomic E-state index is 2.35. The van der Waals surface area contributed by atoms with Gasteiger partial charge in [-0.25, -0.2) is 0 Å². The molecule has 98 valence electrons. The van der Waals surface area contributed by atoms with Gasteiger partial charge >= 0.3 is 0 Å². The van der Waals surface area contributed by atoms with Crippen LogP contribution in [-0.4, -0.2) is 4.57 Å². The minimum atomic E-state index is 1.13. The maximum Gasteiger partial charge on any atom is 0.0480 e. The molecule has 0 N–H and O–H groups in total. The Bertz CT molecular complexity index is 465. The van der Waals surface area contributed by atoms with Crippen LogP contribution in [0.1, 0.15) is 40.0 Å². The number of rotatable bonds is 5. The van der Waals surface area contributed by atoms with Crippen molar-refractivity contribution in [3.05, 3.63) is 48.7 Å². The van der Waals surface area contributed by atoms with E-state index in [0.717, 1.165) is 6.54 Å². The van der Waals surface area contributed by atoms with Crippen molar-refractivity contribution in [2.75, 3.05) is 0 Å². The highest BCUT2D eigenvalue weighted by atomic mass is 14.9. The minimum absolute atomic E-state index is 1.13. The molecule has 0 saturated carbocycles. The Morgan fingerprint density at radius 2 is 1.83 bits per heavy atom. The van der Waals surface area contributed by atoms with E-state index in [1.165, 1.54) is 30.2 Å². The summed E-state index contributed by atoms with van der Waals surface area (Å²) in [5.41, 5.74) is 1.36. The van der Waals surface area contributed by atoms with Crippen molar-refractivity contribution in [2.24, 2.45) is 0 Å². The molecule has 0 saturated heterocycles. The summed E-state index contributed by atoms with van der Waals surface area (Å²) in [6.07, 6.45) is 10.3. The van der Waals surface area contributed by atoms with Gasteiger partial charge in [-0.05, 0) is 43.7 Å². The van der Waals surface area contributed by atoms with Gasteiger partial charge in [0.15, 0.2) is 0 Å². The van der Waals surface area contributed by atoms with Crippen LogP contribution in [0.2, 0.25) is 0 Å². The summed E-state index contributed by atoms with van der Waals surface area (Å²) in [4.78, 5) is 0. The van der Waals surface area contributed by atoms with E-state index < -0.39 is 0 Å². The van der Waals surface area contributed by atoms with Gasteiger partial charge in [-0.2, -0.15) is 0 Å². The average molecular weight is 243 g/mol. The number of hydrogen-bond acceptors (Lipinski definition) is 0. The Hall–Kier alpha value is -1.50. The Balaban J connectivity index is 0.000000771. The van der Waals surface area contributed by atoms with Crippen LogP contribution >= 0.6 is 0 Å². The predicted molar refractivity (Wildman–Crippen MR) is 82.0 cm³/mol. The number of aromatic nitrogens is 1. The highest BCUT2D eigenvalue weighted by Gasteiger charge is 1.98. The highest BCUT2D eigenvalue weighted by molar-refractivity contribution is 5.79. The van der Waals surface area contributed by atoms with E-state index in [1.807, 2.05) is 13.8 Å². The first-order valence-electron chi connectivity index (χ1n) is 7.07. The first-order chi connectivity index (χ1) is 8.92. The van der Waals surface area contributed by atoms with Crippen LogP contribution < -0.4 is 0 Å². The van der Waals surface area contributed by atoms with Gasteiger partial charge in [0.2, 0.25) is 0 Å². The minimum Gasteiger partial charge on any atom is -0.347 e. The lowest BCUT2D eigenvalue weighted by Crippen LogP contribution is -1.95. The smallest absolute Gasteiger partial charge is 0.0480 e. The average Bonchev–Trinajstić information content (AvgIpc) is 2.84. The van der Waals surface area contributed by atoms with Gasteiger partial charge in [-0.1, -0.05) is 44.2 Å². The molecule has 18 heavy (non-hydrogen) atoms. The topological polar surface area (TPSA) is 4.93 Å². The molecule has 2 aromatic rings. The molecule has 1 heteroatoms. The lowest BCUT2D eigenvalue weighted by molar-refractivity contribution is 0.629. The second-order valence-corrected chi connectivity index (χ2v) is 4.13. The number of unbranched alkanes of at least 4 members (excludes halogenated alkanes) is 2. The van der Waals surface area contributed by atoms with E-state index in [2.05, 4.69) is 60.2 Å². The molecular weight excluding hydrogens is 218 g/mol. The van der Waals surface area contributed by atoms with Gasteiger partial charge < -0.3 is 4.57 Å². The summed E-state index contributed by atoms with van der Waals surface area (Å²) >= 11 is 0. The number of nitrogens with zero attached hydrogens (tertiary/aromatic N) is 1. The quantitative estimate of drug-likeness (QED) is 0.488. The zero-order valence-corrected chi connectivity index (χ0v) is 11.9. The Morgan fingerprint density at radius 3 is 2.61 bits per heavy atom. The molecular formula is C17H25N. The second kappa shape index (κ2) is 8.57. The molecule has 0 aliphatic rings. The molecule has 2 rings (SSSR count). The zero-order valence-electron chi connectivity index (χ0n) is 11.9. The molecule has 0 amide bonds. The Morgan fingerprint density at radius 1 is 1.06 bits per heavy atom. The summed E-state index contributed by atoms with van der Waals surface area (Å²) in [5.74, 6) is 0. The normalized spacial score (nSPS) is 10.6. The van der Waals surface area contributed by atoms with Crippen molar-refractivity contribution < 1.29 is 0 Å². The van der Waals surface area contributed by atoms with E-state index >= 15 is 0 Å². The monoisotopic (exact) mass is 243 g/mol.